The Morgan fingerprint density at radius 2 is 2.22 bits per heavy atom. The fraction of sp³-hybridized carbons (Fsp3) is 0.400. The van der Waals surface area contributed by atoms with Crippen molar-refractivity contribution in [3.63, 3.8) is 0 Å². The molecule has 0 aromatic carbocycles. The van der Waals surface area contributed by atoms with Gasteiger partial charge in [-0.15, -0.1) is 5.76 Å². The van der Waals surface area contributed by atoms with E-state index in [1.807, 2.05) is 0 Å². The molecule has 4 heteroatoms. The van der Waals surface area contributed by atoms with Gasteiger partial charge < -0.3 is 5.11 Å². The molecule has 0 unspecified atom stereocenters. The van der Waals surface area contributed by atoms with Gasteiger partial charge in [-0.3, -0.25) is 4.79 Å². The molecule has 1 rings (SSSR count). The number of carbonyl (C=O) groups is 1. The van der Waals surface area contributed by atoms with Gasteiger partial charge >= 0.3 is 29.6 Å². The Balaban J connectivity index is 0.000000640. The average molecular weight is 152 g/mol. The van der Waals surface area contributed by atoms with Crippen LogP contribution in [0.4, 0.5) is 0 Å². The molecule has 1 aliphatic heterocycles. The third-order valence-corrected chi connectivity index (χ3v) is 1.79. The van der Waals surface area contributed by atoms with Gasteiger partial charge in [-0.25, -0.2) is 0 Å². The molecular formula is C5H5NaO2S. The van der Waals surface area contributed by atoms with Crippen LogP contribution >= 0.6 is 11.8 Å². The molecule has 0 amide bonds. The monoisotopic (exact) mass is 152 g/mol. The minimum absolute atomic E-state index is 0. The van der Waals surface area contributed by atoms with E-state index < -0.39 is 0 Å². The summed E-state index contributed by atoms with van der Waals surface area (Å²) < 4.78 is 0. The van der Waals surface area contributed by atoms with Crippen LogP contribution in [-0.4, -0.2) is 17.3 Å². The predicted octanol–water partition coefficient (Wildman–Crippen LogP) is -3.45. The quantitative estimate of drug-likeness (QED) is 0.339. The van der Waals surface area contributed by atoms with Crippen molar-refractivity contribution >= 4 is 17.5 Å². The number of ketones is 1. The zero-order valence-electron chi connectivity index (χ0n) is 5.22. The minimum Gasteiger partial charge on any atom is -0.875 e. The van der Waals surface area contributed by atoms with Crippen LogP contribution in [0.3, 0.4) is 0 Å². The topological polar surface area (TPSA) is 40.1 Å². The zero-order valence-corrected chi connectivity index (χ0v) is 8.03. The van der Waals surface area contributed by atoms with Crippen molar-refractivity contribution in [2.75, 3.05) is 11.5 Å². The summed E-state index contributed by atoms with van der Waals surface area (Å²) >= 11 is 1.38. The van der Waals surface area contributed by atoms with E-state index in [1.54, 1.807) is 0 Å². The first-order valence-electron chi connectivity index (χ1n) is 2.27. The van der Waals surface area contributed by atoms with Gasteiger partial charge in [-0.05, 0) is 6.08 Å². The number of hydrogen-bond donors (Lipinski definition) is 0. The third-order valence-electron chi connectivity index (χ3n) is 0.811. The second-order valence-electron chi connectivity index (χ2n) is 1.57. The van der Waals surface area contributed by atoms with Crippen LogP contribution in [0.5, 0.6) is 0 Å². The van der Waals surface area contributed by atoms with Gasteiger partial charge in [0.25, 0.3) is 0 Å². The fourth-order valence-corrected chi connectivity index (χ4v) is 1.19. The fourth-order valence-electron chi connectivity index (χ4n) is 0.515. The first kappa shape index (κ1) is 9.56. The Morgan fingerprint density at radius 3 is 2.56 bits per heavy atom. The second-order valence-corrected chi connectivity index (χ2v) is 2.56. The Kier molecular flexibility index (Phi) is 4.66. The van der Waals surface area contributed by atoms with Gasteiger partial charge in [0.05, 0.1) is 5.75 Å². The average Bonchev–Trinajstić information content (AvgIpc) is 1.64. The SMILES string of the molecule is O=C1C=C([O-])CSC1.[Na+]. The first-order valence-corrected chi connectivity index (χ1v) is 3.42. The summed E-state index contributed by atoms with van der Waals surface area (Å²) in [6.45, 7) is 0. The maximum atomic E-state index is 10.4. The molecule has 0 N–H and O–H groups in total. The van der Waals surface area contributed by atoms with Crippen molar-refractivity contribution in [3.8, 4) is 0 Å². The number of thioether (sulfide) groups is 1. The van der Waals surface area contributed by atoms with Crippen molar-refractivity contribution in [2.24, 2.45) is 0 Å². The largest absolute Gasteiger partial charge is 1.00 e. The molecule has 44 valence electrons. The van der Waals surface area contributed by atoms with Gasteiger partial charge in [-0.1, -0.05) is 0 Å². The molecule has 0 radical (unpaired) electrons. The molecule has 0 spiro atoms. The van der Waals surface area contributed by atoms with Gasteiger partial charge in [0.1, 0.15) is 0 Å². The van der Waals surface area contributed by atoms with Crippen LogP contribution in [0.25, 0.3) is 0 Å². The van der Waals surface area contributed by atoms with E-state index in [0.29, 0.717) is 11.5 Å². The first-order chi connectivity index (χ1) is 3.79. The maximum Gasteiger partial charge on any atom is 1.00 e. The van der Waals surface area contributed by atoms with E-state index in [9.17, 15) is 9.90 Å². The van der Waals surface area contributed by atoms with Crippen molar-refractivity contribution in [2.45, 2.75) is 0 Å². The van der Waals surface area contributed by atoms with E-state index in [4.69, 9.17) is 0 Å². The molecule has 0 bridgehead atoms. The predicted molar refractivity (Wildman–Crippen MR) is 30.4 cm³/mol. The van der Waals surface area contributed by atoms with Crippen LogP contribution in [0.1, 0.15) is 0 Å². The summed E-state index contributed by atoms with van der Waals surface area (Å²) in [5.74, 6) is 0.856. The molecule has 1 aliphatic rings. The van der Waals surface area contributed by atoms with Gasteiger partial charge in [0.15, 0.2) is 5.78 Å². The standard InChI is InChI=1S/C5H6O2S.Na/c6-4-1-5(7)3-8-2-4;/h1,6H,2-3H2;/q;+1/p-1. The Bertz CT molecular complexity index is 144. The van der Waals surface area contributed by atoms with Crippen LogP contribution in [0.2, 0.25) is 0 Å². The number of allylic oxidation sites excluding steroid dienone is 1. The summed E-state index contributed by atoms with van der Waals surface area (Å²) in [6, 6.07) is 0. The van der Waals surface area contributed by atoms with Crippen LogP contribution in [0.15, 0.2) is 11.8 Å². The van der Waals surface area contributed by atoms with Crippen molar-refractivity contribution in [3.05, 3.63) is 11.8 Å². The molecule has 2 nitrogen and oxygen atoms in total. The van der Waals surface area contributed by atoms with Crippen LogP contribution < -0.4 is 34.7 Å². The Labute approximate surface area is 80.0 Å². The Morgan fingerprint density at radius 1 is 1.56 bits per heavy atom. The maximum absolute atomic E-state index is 10.4. The normalized spacial score (nSPS) is 18.2. The van der Waals surface area contributed by atoms with E-state index in [1.165, 1.54) is 17.8 Å². The number of rotatable bonds is 0. The van der Waals surface area contributed by atoms with Crippen molar-refractivity contribution < 1.29 is 39.5 Å². The number of carbonyl (C=O) groups excluding carboxylic acids is 1. The van der Waals surface area contributed by atoms with E-state index >= 15 is 0 Å². The van der Waals surface area contributed by atoms with E-state index in [0.717, 1.165) is 0 Å². The molecular weight excluding hydrogens is 147 g/mol. The smallest absolute Gasteiger partial charge is 0.875 e. The molecule has 0 atom stereocenters. The molecule has 0 fully saturated rings. The van der Waals surface area contributed by atoms with Gasteiger partial charge in [-0.2, -0.15) is 11.8 Å². The molecule has 0 aromatic rings. The molecule has 0 aromatic heterocycles. The third kappa shape index (κ3) is 3.30. The van der Waals surface area contributed by atoms with Crippen molar-refractivity contribution in [1.82, 2.24) is 0 Å². The Hall–Kier alpha value is 0.560. The summed E-state index contributed by atoms with van der Waals surface area (Å²) in [5, 5.41) is 10.4. The van der Waals surface area contributed by atoms with Crippen LogP contribution in [0, 0.1) is 0 Å². The van der Waals surface area contributed by atoms with Crippen LogP contribution in [-0.2, 0) is 4.79 Å². The summed E-state index contributed by atoms with van der Waals surface area (Å²) in [4.78, 5) is 10.4. The van der Waals surface area contributed by atoms with Crippen molar-refractivity contribution in [1.29, 1.82) is 0 Å². The van der Waals surface area contributed by atoms with E-state index in [-0.39, 0.29) is 41.1 Å². The summed E-state index contributed by atoms with van der Waals surface area (Å²) in [7, 11) is 0. The van der Waals surface area contributed by atoms with Gasteiger partial charge in [0.2, 0.25) is 0 Å². The molecule has 0 saturated carbocycles. The second kappa shape index (κ2) is 4.39. The van der Waals surface area contributed by atoms with E-state index in [2.05, 4.69) is 0 Å². The summed E-state index contributed by atoms with van der Waals surface area (Å²) in [5.41, 5.74) is 0. The molecule has 1 heterocycles. The number of hydrogen-bond acceptors (Lipinski definition) is 3. The zero-order chi connectivity index (χ0) is 5.98. The molecule has 0 aliphatic carbocycles. The minimum atomic E-state index is -0.0498. The van der Waals surface area contributed by atoms with Gasteiger partial charge in [0, 0.05) is 5.75 Å². The summed E-state index contributed by atoms with van der Waals surface area (Å²) in [6.07, 6.45) is 1.18. The molecule has 9 heavy (non-hydrogen) atoms. The molecule has 0 saturated heterocycles.